The van der Waals surface area contributed by atoms with E-state index in [1.807, 2.05) is 5.32 Å². The van der Waals surface area contributed by atoms with Crippen LogP contribution in [0.15, 0.2) is 12.5 Å². The Morgan fingerprint density at radius 1 is 0.755 bits per heavy atom. The summed E-state index contributed by atoms with van der Waals surface area (Å²) in [7, 11) is 0. The van der Waals surface area contributed by atoms with E-state index in [2.05, 4.69) is 31.2 Å². The zero-order valence-corrected chi connectivity index (χ0v) is 26.1. The van der Waals surface area contributed by atoms with Gasteiger partial charge < -0.3 is 69.2 Å². The van der Waals surface area contributed by atoms with Gasteiger partial charge in [-0.1, -0.05) is 0 Å². The molecule has 0 bridgehead atoms. The van der Waals surface area contributed by atoms with E-state index in [4.69, 9.17) is 22.3 Å². The number of primary amides is 2. The van der Waals surface area contributed by atoms with E-state index in [1.54, 1.807) is 0 Å². The SMILES string of the molecule is C[C@@H](O)[C@H](N)C(=O)N[C@@H](CC(N)=O)C(=O)N[C@@H](CO)C(=O)N[C@@H](Cc1cnc[nH]1)C(=O)N[C@@H](CCC(N)=O)C(=O)N[C@@H](CC(=O)O)C(=O)O. The van der Waals surface area contributed by atoms with E-state index >= 15 is 0 Å². The van der Waals surface area contributed by atoms with Gasteiger partial charge in [0.25, 0.3) is 0 Å². The van der Waals surface area contributed by atoms with Gasteiger partial charge in [0.1, 0.15) is 36.3 Å². The lowest BCUT2D eigenvalue weighted by molar-refractivity contribution is -0.147. The zero-order valence-electron chi connectivity index (χ0n) is 26.1. The molecule has 0 aliphatic heterocycles. The molecule has 23 heteroatoms. The van der Waals surface area contributed by atoms with Crippen LogP contribution in [0.2, 0.25) is 0 Å². The third-order valence-corrected chi connectivity index (χ3v) is 6.59. The number of rotatable bonds is 22. The third-order valence-electron chi connectivity index (χ3n) is 6.59. The predicted molar refractivity (Wildman–Crippen MR) is 161 cm³/mol. The van der Waals surface area contributed by atoms with Gasteiger partial charge in [-0.25, -0.2) is 9.78 Å². The summed E-state index contributed by atoms with van der Waals surface area (Å²) in [5.74, 6) is -11.0. The van der Waals surface area contributed by atoms with Crippen LogP contribution in [0.3, 0.4) is 0 Å². The maximum atomic E-state index is 13.4. The van der Waals surface area contributed by atoms with Crippen molar-refractivity contribution in [3.05, 3.63) is 18.2 Å². The number of nitrogens with zero attached hydrogens (tertiary/aromatic N) is 1. The van der Waals surface area contributed by atoms with Gasteiger partial charge in [-0.15, -0.1) is 0 Å². The summed E-state index contributed by atoms with van der Waals surface area (Å²) in [4.78, 5) is 117. The Kier molecular flexibility index (Phi) is 16.8. The number of hydrogen-bond donors (Lipinski definition) is 13. The molecule has 0 aromatic carbocycles. The lowest BCUT2D eigenvalue weighted by atomic mass is 10.1. The van der Waals surface area contributed by atoms with Crippen molar-refractivity contribution in [2.75, 3.05) is 6.61 Å². The minimum Gasteiger partial charge on any atom is -0.481 e. The Balaban J connectivity index is 3.25. The summed E-state index contributed by atoms with van der Waals surface area (Å²) < 4.78 is 0. The van der Waals surface area contributed by atoms with Crippen LogP contribution in [0, 0.1) is 0 Å². The summed E-state index contributed by atoms with van der Waals surface area (Å²) in [6, 6.07) is -10.2. The number of hydrogen-bond acceptors (Lipinski definition) is 13. The Morgan fingerprint density at radius 2 is 1.27 bits per heavy atom. The minimum absolute atomic E-state index is 0.259. The zero-order chi connectivity index (χ0) is 37.4. The smallest absolute Gasteiger partial charge is 0.326 e. The number of nitrogens with two attached hydrogens (primary N) is 3. The maximum absolute atomic E-state index is 13.4. The van der Waals surface area contributed by atoms with Crippen molar-refractivity contribution in [3.63, 3.8) is 0 Å². The second-order valence-corrected chi connectivity index (χ2v) is 10.6. The largest absolute Gasteiger partial charge is 0.481 e. The molecule has 49 heavy (non-hydrogen) atoms. The molecule has 1 aromatic rings. The summed E-state index contributed by atoms with van der Waals surface area (Å²) in [5, 5.41) is 48.3. The van der Waals surface area contributed by atoms with Gasteiger partial charge in [0.15, 0.2) is 0 Å². The Morgan fingerprint density at radius 3 is 1.76 bits per heavy atom. The number of amides is 7. The van der Waals surface area contributed by atoms with Crippen molar-refractivity contribution in [2.24, 2.45) is 17.2 Å². The van der Waals surface area contributed by atoms with Gasteiger partial charge in [-0.2, -0.15) is 0 Å². The number of carboxylic acids is 2. The molecule has 0 saturated carbocycles. The number of carbonyl (C=O) groups excluding carboxylic acids is 7. The monoisotopic (exact) mass is 700 g/mol. The van der Waals surface area contributed by atoms with Gasteiger partial charge in [0, 0.05) is 24.7 Å². The molecule has 272 valence electrons. The molecule has 0 saturated heterocycles. The summed E-state index contributed by atoms with van der Waals surface area (Å²) in [5.41, 5.74) is 16.1. The Labute approximate surface area is 277 Å². The third kappa shape index (κ3) is 14.7. The number of nitrogens with one attached hydrogen (secondary N) is 6. The van der Waals surface area contributed by atoms with Crippen molar-refractivity contribution in [2.45, 2.75) is 81.4 Å². The van der Waals surface area contributed by atoms with Crippen molar-refractivity contribution >= 4 is 53.3 Å². The number of aliphatic carboxylic acids is 2. The van der Waals surface area contributed by atoms with Crippen LogP contribution in [-0.4, -0.2) is 133 Å². The first kappa shape index (κ1) is 41.3. The molecule has 0 fully saturated rings. The van der Waals surface area contributed by atoms with Crippen LogP contribution in [0.1, 0.15) is 38.3 Å². The van der Waals surface area contributed by atoms with Gasteiger partial charge in [0.05, 0.1) is 31.9 Å². The topological polar surface area (TPSA) is 401 Å². The molecular formula is C26H40N10O13. The van der Waals surface area contributed by atoms with Gasteiger partial charge in [0.2, 0.25) is 41.4 Å². The first-order valence-electron chi connectivity index (χ1n) is 14.4. The summed E-state index contributed by atoms with van der Waals surface area (Å²) in [6.07, 6.45) is -1.96. The molecule has 1 rings (SSSR count). The molecular weight excluding hydrogens is 660 g/mol. The summed E-state index contributed by atoms with van der Waals surface area (Å²) >= 11 is 0. The van der Waals surface area contributed by atoms with Crippen molar-refractivity contribution in [3.8, 4) is 0 Å². The standard InChI is InChI=1S/C26H40N10O13/c1-10(38)20(29)25(47)34-14(5-18(28)40)23(45)36-16(8-37)24(46)33-13(4-11-7-30-9-31-11)22(44)32-12(2-3-17(27)39)21(43)35-15(26(48)49)6-19(41)42/h7,9-10,12-16,20,37-38H,2-6,8,29H2,1H3,(H2,27,39)(H2,28,40)(H,30,31)(H,32,44)(H,33,46)(H,34,47)(H,35,43)(H,36,45)(H,41,42)(H,48,49)/t10-,12+,13+,14+,15+,16+,20+/m1/s1. The van der Waals surface area contributed by atoms with E-state index in [9.17, 15) is 58.5 Å². The van der Waals surface area contributed by atoms with Crippen LogP contribution >= 0.6 is 0 Å². The van der Waals surface area contributed by atoms with Crippen molar-refractivity contribution < 1.29 is 63.6 Å². The van der Waals surface area contributed by atoms with E-state index in [0.29, 0.717) is 0 Å². The number of aliphatic hydroxyl groups is 2. The van der Waals surface area contributed by atoms with E-state index in [1.165, 1.54) is 19.4 Å². The molecule has 7 atom stereocenters. The first-order valence-corrected chi connectivity index (χ1v) is 14.4. The highest BCUT2D eigenvalue weighted by atomic mass is 16.4. The van der Waals surface area contributed by atoms with E-state index in [0.717, 1.165) is 0 Å². The number of H-pyrrole nitrogens is 1. The summed E-state index contributed by atoms with van der Waals surface area (Å²) in [6.45, 7) is 0.109. The van der Waals surface area contributed by atoms with Gasteiger partial charge in [-0.05, 0) is 13.3 Å². The normalized spacial score (nSPS) is 15.1. The molecule has 0 spiro atoms. The molecule has 16 N–H and O–H groups in total. The fraction of sp³-hybridized carbons (Fsp3) is 0.538. The van der Waals surface area contributed by atoms with Crippen LogP contribution in [0.5, 0.6) is 0 Å². The Hall–Kier alpha value is -5.68. The molecule has 0 radical (unpaired) electrons. The van der Waals surface area contributed by atoms with Crippen LogP contribution in [0.25, 0.3) is 0 Å². The fourth-order valence-corrected chi connectivity index (χ4v) is 3.94. The van der Waals surface area contributed by atoms with Crippen molar-refractivity contribution in [1.29, 1.82) is 0 Å². The molecule has 0 aliphatic carbocycles. The molecule has 0 aliphatic rings. The number of aromatic nitrogens is 2. The first-order chi connectivity index (χ1) is 22.9. The van der Waals surface area contributed by atoms with Crippen molar-refractivity contribution in [1.82, 2.24) is 36.6 Å². The highest BCUT2D eigenvalue weighted by Crippen LogP contribution is 2.06. The van der Waals surface area contributed by atoms with Crippen LogP contribution in [0.4, 0.5) is 0 Å². The number of carboxylic acid groups (broad SMARTS) is 2. The average Bonchev–Trinajstić information content (AvgIpc) is 3.52. The second kappa shape index (κ2) is 19.9. The van der Waals surface area contributed by atoms with Crippen LogP contribution < -0.4 is 43.8 Å². The molecule has 7 amide bonds. The minimum atomic E-state index is -1.92. The number of imidazole rings is 1. The van der Waals surface area contributed by atoms with E-state index < -0.39 is 128 Å². The highest BCUT2D eigenvalue weighted by molar-refractivity contribution is 5.98. The molecule has 0 unspecified atom stereocenters. The fourth-order valence-electron chi connectivity index (χ4n) is 3.94. The molecule has 1 aromatic heterocycles. The van der Waals surface area contributed by atoms with Gasteiger partial charge in [-0.3, -0.25) is 38.4 Å². The number of aliphatic hydroxyl groups excluding tert-OH is 2. The number of aromatic amines is 1. The maximum Gasteiger partial charge on any atom is 0.326 e. The van der Waals surface area contributed by atoms with Gasteiger partial charge >= 0.3 is 11.9 Å². The predicted octanol–water partition coefficient (Wildman–Crippen LogP) is -7.22. The lowest BCUT2D eigenvalue weighted by Gasteiger charge is -2.26. The van der Waals surface area contributed by atoms with Crippen LogP contribution in [-0.2, 0) is 49.6 Å². The Bertz CT molecular complexity index is 1370. The quantitative estimate of drug-likeness (QED) is 0.0534. The number of carbonyl (C=O) groups is 9. The average molecular weight is 701 g/mol. The molecule has 1 heterocycles. The van der Waals surface area contributed by atoms with E-state index in [-0.39, 0.29) is 12.1 Å². The molecule has 23 nitrogen and oxygen atoms in total. The lowest BCUT2D eigenvalue weighted by Crippen LogP contribution is -2.61. The second-order valence-electron chi connectivity index (χ2n) is 10.6. The highest BCUT2D eigenvalue weighted by Gasteiger charge is 2.34.